The van der Waals surface area contributed by atoms with E-state index >= 15 is 0 Å². The molecule has 0 saturated heterocycles. The summed E-state index contributed by atoms with van der Waals surface area (Å²) in [5.74, 6) is -0.127. The average molecular weight is 354 g/mol. The second kappa shape index (κ2) is 8.79. The Kier molecular flexibility index (Phi) is 6.23. The molecule has 0 aromatic heterocycles. The number of nitro groups is 1. The molecule has 2 aromatic rings. The largest absolute Gasteiger partial charge is 0.490 e. The first-order valence-electron chi connectivity index (χ1n) is 7.31. The Bertz CT molecular complexity index is 889. The summed E-state index contributed by atoms with van der Waals surface area (Å²) in [4.78, 5) is 22.1. The number of carbonyl (C=O) groups is 1. The van der Waals surface area contributed by atoms with Gasteiger partial charge in [-0.15, -0.1) is 0 Å². The third-order valence-corrected chi connectivity index (χ3v) is 3.17. The molecule has 0 aliphatic heterocycles. The van der Waals surface area contributed by atoms with E-state index in [1.165, 1.54) is 25.5 Å². The van der Waals surface area contributed by atoms with Gasteiger partial charge in [-0.1, -0.05) is 12.1 Å². The number of carbonyl (C=O) groups excluding carboxylic acids is 1. The number of benzene rings is 2. The first kappa shape index (κ1) is 18.4. The van der Waals surface area contributed by atoms with E-state index in [0.29, 0.717) is 16.9 Å². The molecule has 9 nitrogen and oxygen atoms in total. The van der Waals surface area contributed by atoms with Crippen molar-refractivity contribution in [3.05, 3.63) is 63.7 Å². The summed E-state index contributed by atoms with van der Waals surface area (Å²) in [6, 6.07) is 12.7. The molecule has 1 N–H and O–H groups in total. The number of hydrazone groups is 1. The van der Waals surface area contributed by atoms with E-state index in [-0.39, 0.29) is 18.0 Å². The highest BCUT2D eigenvalue weighted by Crippen LogP contribution is 2.26. The van der Waals surface area contributed by atoms with E-state index in [2.05, 4.69) is 10.5 Å². The third kappa shape index (κ3) is 4.78. The van der Waals surface area contributed by atoms with Crippen molar-refractivity contribution < 1.29 is 19.2 Å². The minimum absolute atomic E-state index is 0.126. The smallest absolute Gasteiger partial charge is 0.311 e. The molecule has 0 unspecified atom stereocenters. The molecule has 26 heavy (non-hydrogen) atoms. The van der Waals surface area contributed by atoms with Crippen molar-refractivity contribution >= 4 is 17.8 Å². The molecule has 0 spiro atoms. The van der Waals surface area contributed by atoms with E-state index in [4.69, 9.17) is 14.7 Å². The Balaban J connectivity index is 1.94. The predicted molar refractivity (Wildman–Crippen MR) is 92.0 cm³/mol. The van der Waals surface area contributed by atoms with Crippen molar-refractivity contribution in [1.82, 2.24) is 5.43 Å². The maximum atomic E-state index is 11.7. The van der Waals surface area contributed by atoms with Crippen LogP contribution in [0.4, 0.5) is 5.69 Å². The number of nitrogens with zero attached hydrogens (tertiary/aromatic N) is 3. The molecule has 0 heterocycles. The van der Waals surface area contributed by atoms with Gasteiger partial charge in [0.25, 0.3) is 5.91 Å². The van der Waals surface area contributed by atoms with Crippen LogP contribution >= 0.6 is 0 Å². The quantitative estimate of drug-likeness (QED) is 0.460. The highest BCUT2D eigenvalue weighted by atomic mass is 16.6. The van der Waals surface area contributed by atoms with Crippen LogP contribution in [0, 0.1) is 21.4 Å². The van der Waals surface area contributed by atoms with Gasteiger partial charge in [0, 0.05) is 11.6 Å². The third-order valence-electron chi connectivity index (χ3n) is 3.17. The molecule has 2 aromatic carbocycles. The molecule has 132 valence electrons. The zero-order valence-corrected chi connectivity index (χ0v) is 13.7. The van der Waals surface area contributed by atoms with Gasteiger partial charge in [-0.25, -0.2) is 5.43 Å². The Morgan fingerprint density at radius 3 is 2.81 bits per heavy atom. The summed E-state index contributed by atoms with van der Waals surface area (Å²) < 4.78 is 10.2. The SMILES string of the molecule is COc1ccc(/C=N/NC(=O)COc2ccccc2C#N)cc1[N+](=O)[O-]. The normalized spacial score (nSPS) is 10.2. The molecule has 0 aliphatic rings. The lowest BCUT2D eigenvalue weighted by atomic mass is 10.2. The number of amides is 1. The van der Waals surface area contributed by atoms with Crippen LogP contribution in [0.15, 0.2) is 47.6 Å². The maximum Gasteiger partial charge on any atom is 0.311 e. The molecular formula is C17H14N4O5. The molecule has 1 amide bonds. The van der Waals surface area contributed by atoms with Crippen molar-refractivity contribution in [1.29, 1.82) is 5.26 Å². The number of methoxy groups -OCH3 is 1. The van der Waals surface area contributed by atoms with E-state index in [9.17, 15) is 14.9 Å². The minimum Gasteiger partial charge on any atom is -0.490 e. The van der Waals surface area contributed by atoms with Crippen LogP contribution in [0.25, 0.3) is 0 Å². The number of nitriles is 1. The fraction of sp³-hybridized carbons (Fsp3) is 0.118. The first-order valence-corrected chi connectivity index (χ1v) is 7.31. The first-order chi connectivity index (χ1) is 12.5. The van der Waals surface area contributed by atoms with Gasteiger partial charge in [-0.05, 0) is 24.3 Å². The van der Waals surface area contributed by atoms with Crippen LogP contribution in [0.3, 0.4) is 0 Å². The second-order valence-electron chi connectivity index (χ2n) is 4.88. The van der Waals surface area contributed by atoms with Crippen molar-refractivity contribution in [3.63, 3.8) is 0 Å². The number of hydrogen-bond acceptors (Lipinski definition) is 7. The molecule has 0 bridgehead atoms. The second-order valence-corrected chi connectivity index (χ2v) is 4.88. The molecule has 0 fully saturated rings. The van der Waals surface area contributed by atoms with Gasteiger partial charge in [0.1, 0.15) is 11.8 Å². The van der Waals surface area contributed by atoms with E-state index in [0.717, 1.165) is 0 Å². The van der Waals surface area contributed by atoms with Gasteiger partial charge >= 0.3 is 5.69 Å². The Morgan fingerprint density at radius 2 is 2.12 bits per heavy atom. The van der Waals surface area contributed by atoms with Gasteiger partial charge in [0.05, 0.1) is 23.8 Å². The predicted octanol–water partition coefficient (Wildman–Crippen LogP) is 2.00. The summed E-state index contributed by atoms with van der Waals surface area (Å²) in [5, 5.41) is 23.6. The standard InChI is InChI=1S/C17H14N4O5/c1-25-16-7-6-12(8-14(16)21(23)24)10-19-20-17(22)11-26-15-5-3-2-4-13(15)9-18/h2-8,10H,11H2,1H3,(H,20,22)/b19-10+. The summed E-state index contributed by atoms with van der Waals surface area (Å²) in [7, 11) is 1.33. The van der Waals surface area contributed by atoms with Crippen molar-refractivity contribution in [2.45, 2.75) is 0 Å². The lowest BCUT2D eigenvalue weighted by Gasteiger charge is -2.06. The summed E-state index contributed by atoms with van der Waals surface area (Å²) in [5.41, 5.74) is 2.75. The van der Waals surface area contributed by atoms with Crippen molar-refractivity contribution in [2.24, 2.45) is 5.10 Å². The van der Waals surface area contributed by atoms with Gasteiger partial charge in [-0.3, -0.25) is 14.9 Å². The number of ether oxygens (including phenoxy) is 2. The van der Waals surface area contributed by atoms with Crippen molar-refractivity contribution in [3.8, 4) is 17.6 Å². The van der Waals surface area contributed by atoms with Gasteiger partial charge < -0.3 is 9.47 Å². The van der Waals surface area contributed by atoms with E-state index in [1.54, 1.807) is 30.3 Å². The van der Waals surface area contributed by atoms with Crippen LogP contribution in [0.2, 0.25) is 0 Å². The Hall–Kier alpha value is -3.93. The highest BCUT2D eigenvalue weighted by molar-refractivity contribution is 5.84. The van der Waals surface area contributed by atoms with Crippen LogP contribution in [0.1, 0.15) is 11.1 Å². The number of nitrogens with one attached hydrogen (secondary N) is 1. The summed E-state index contributed by atoms with van der Waals surface area (Å²) >= 11 is 0. The van der Waals surface area contributed by atoms with E-state index < -0.39 is 10.8 Å². The number of rotatable bonds is 7. The zero-order valence-electron chi connectivity index (χ0n) is 13.7. The molecule has 9 heteroatoms. The highest BCUT2D eigenvalue weighted by Gasteiger charge is 2.14. The average Bonchev–Trinajstić information content (AvgIpc) is 2.66. The number of hydrogen-bond donors (Lipinski definition) is 1. The Labute approximate surface area is 148 Å². The monoisotopic (exact) mass is 354 g/mol. The molecule has 0 atom stereocenters. The summed E-state index contributed by atoms with van der Waals surface area (Å²) in [6.07, 6.45) is 1.26. The summed E-state index contributed by atoms with van der Waals surface area (Å²) in [6.45, 7) is -0.335. The minimum atomic E-state index is -0.574. The van der Waals surface area contributed by atoms with Gasteiger partial charge in [-0.2, -0.15) is 10.4 Å². The van der Waals surface area contributed by atoms with Gasteiger partial charge in [0.2, 0.25) is 0 Å². The van der Waals surface area contributed by atoms with Crippen LogP contribution in [-0.2, 0) is 4.79 Å². The molecule has 0 saturated carbocycles. The molecular weight excluding hydrogens is 340 g/mol. The van der Waals surface area contributed by atoms with Crippen LogP contribution < -0.4 is 14.9 Å². The Morgan fingerprint density at radius 1 is 1.35 bits per heavy atom. The number of nitro benzene ring substituents is 1. The lowest BCUT2D eigenvalue weighted by Crippen LogP contribution is -2.24. The van der Waals surface area contributed by atoms with Crippen molar-refractivity contribution in [2.75, 3.05) is 13.7 Å². The molecule has 2 rings (SSSR count). The lowest BCUT2D eigenvalue weighted by molar-refractivity contribution is -0.385. The van der Waals surface area contributed by atoms with Crippen LogP contribution in [0.5, 0.6) is 11.5 Å². The maximum absolute atomic E-state index is 11.7. The fourth-order valence-corrected chi connectivity index (χ4v) is 1.97. The van der Waals surface area contributed by atoms with Crippen LogP contribution in [-0.4, -0.2) is 30.8 Å². The zero-order chi connectivity index (χ0) is 18.9. The van der Waals surface area contributed by atoms with Gasteiger partial charge in [0.15, 0.2) is 12.4 Å². The number of para-hydroxylation sites is 1. The molecule has 0 aliphatic carbocycles. The molecule has 0 radical (unpaired) electrons. The topological polar surface area (TPSA) is 127 Å². The van der Waals surface area contributed by atoms with E-state index in [1.807, 2.05) is 6.07 Å². The fourth-order valence-electron chi connectivity index (χ4n) is 1.97.